The summed E-state index contributed by atoms with van der Waals surface area (Å²) in [6.45, 7) is 5.71. The third-order valence-electron chi connectivity index (χ3n) is 4.73. The summed E-state index contributed by atoms with van der Waals surface area (Å²) in [5.41, 5.74) is 5.48. The third kappa shape index (κ3) is 2.87. The molecule has 2 atom stereocenters. The van der Waals surface area contributed by atoms with Gasteiger partial charge in [0.2, 0.25) is 0 Å². The Morgan fingerprint density at radius 2 is 1.72 bits per heavy atom. The Morgan fingerprint density at radius 1 is 1.17 bits per heavy atom. The molecule has 2 rings (SSSR count). The molecule has 2 aliphatic rings. The minimum absolute atomic E-state index is 0.133. The van der Waals surface area contributed by atoms with Gasteiger partial charge >= 0.3 is 0 Å². The van der Waals surface area contributed by atoms with Gasteiger partial charge in [-0.1, -0.05) is 20.3 Å². The molecule has 106 valence electrons. The third-order valence-corrected chi connectivity index (χ3v) is 4.73. The van der Waals surface area contributed by atoms with Crippen LogP contribution in [0, 0.1) is 5.92 Å². The molecule has 2 unspecified atom stereocenters. The predicted octanol–water partition coefficient (Wildman–Crippen LogP) is 1.80. The molecule has 3 N–H and O–H groups in total. The molecule has 0 radical (unpaired) electrons. The lowest BCUT2D eigenvalue weighted by Crippen LogP contribution is -2.54. The second-order valence-electron chi connectivity index (χ2n) is 6.07. The van der Waals surface area contributed by atoms with E-state index in [1.807, 2.05) is 0 Å². The molecule has 1 spiro atoms. The zero-order valence-electron chi connectivity index (χ0n) is 11.7. The van der Waals surface area contributed by atoms with Gasteiger partial charge in [-0.25, -0.2) is 0 Å². The molecule has 1 aliphatic carbocycles. The molecular formula is C14H27NO3. The summed E-state index contributed by atoms with van der Waals surface area (Å²) in [4.78, 5) is 0. The van der Waals surface area contributed by atoms with Gasteiger partial charge in [-0.3, -0.25) is 0 Å². The highest BCUT2D eigenvalue weighted by molar-refractivity contribution is 4.97. The van der Waals surface area contributed by atoms with Crippen molar-refractivity contribution in [3.8, 4) is 0 Å². The van der Waals surface area contributed by atoms with Crippen molar-refractivity contribution in [3.63, 3.8) is 0 Å². The van der Waals surface area contributed by atoms with E-state index >= 15 is 0 Å². The van der Waals surface area contributed by atoms with Gasteiger partial charge in [-0.2, -0.15) is 0 Å². The van der Waals surface area contributed by atoms with Crippen molar-refractivity contribution in [2.45, 2.75) is 69.8 Å². The van der Waals surface area contributed by atoms with E-state index in [0.29, 0.717) is 32.0 Å². The normalized spacial score (nSPS) is 29.3. The SMILES string of the molecule is CCC(C)CC(N)C1(O)CCC2(CC1)OCCO2. The fourth-order valence-electron chi connectivity index (χ4n) is 3.04. The first kappa shape index (κ1) is 14.3. The van der Waals surface area contributed by atoms with Crippen molar-refractivity contribution in [3.05, 3.63) is 0 Å². The Balaban J connectivity index is 1.89. The maximum absolute atomic E-state index is 10.7. The number of hydrogen-bond donors (Lipinski definition) is 2. The predicted molar refractivity (Wildman–Crippen MR) is 70.1 cm³/mol. The summed E-state index contributed by atoms with van der Waals surface area (Å²) in [5, 5.41) is 10.7. The second-order valence-corrected chi connectivity index (χ2v) is 6.07. The van der Waals surface area contributed by atoms with Crippen LogP contribution in [-0.2, 0) is 9.47 Å². The van der Waals surface area contributed by atoms with Crippen molar-refractivity contribution < 1.29 is 14.6 Å². The standard InChI is InChI=1S/C14H27NO3/c1-3-11(2)10-12(15)13(16)4-6-14(7-5-13)17-8-9-18-14/h11-12,16H,3-10,15H2,1-2H3. The molecule has 1 saturated heterocycles. The first-order valence-corrected chi connectivity index (χ1v) is 7.25. The molecule has 4 heteroatoms. The first-order chi connectivity index (χ1) is 8.50. The van der Waals surface area contributed by atoms with Crippen molar-refractivity contribution in [1.82, 2.24) is 0 Å². The number of rotatable bonds is 4. The van der Waals surface area contributed by atoms with Crippen LogP contribution in [0.4, 0.5) is 0 Å². The topological polar surface area (TPSA) is 64.7 Å². The maximum atomic E-state index is 10.7. The molecule has 0 amide bonds. The number of aliphatic hydroxyl groups is 1. The van der Waals surface area contributed by atoms with Crippen LogP contribution in [0.1, 0.15) is 52.4 Å². The second kappa shape index (κ2) is 5.45. The highest BCUT2D eigenvalue weighted by atomic mass is 16.7. The lowest BCUT2D eigenvalue weighted by Gasteiger charge is -2.44. The Morgan fingerprint density at radius 3 is 2.22 bits per heavy atom. The lowest BCUT2D eigenvalue weighted by molar-refractivity contribution is -0.205. The summed E-state index contributed by atoms with van der Waals surface area (Å²) < 4.78 is 11.4. The molecule has 0 aromatic heterocycles. The smallest absolute Gasteiger partial charge is 0.168 e. The van der Waals surface area contributed by atoms with E-state index < -0.39 is 11.4 Å². The van der Waals surface area contributed by atoms with Gasteiger partial charge in [0.25, 0.3) is 0 Å². The number of ether oxygens (including phenoxy) is 2. The van der Waals surface area contributed by atoms with E-state index in [1.165, 1.54) is 0 Å². The zero-order chi connectivity index (χ0) is 13.2. The summed E-state index contributed by atoms with van der Waals surface area (Å²) in [7, 11) is 0. The van der Waals surface area contributed by atoms with Gasteiger partial charge in [-0.05, 0) is 25.2 Å². The van der Waals surface area contributed by atoms with Crippen LogP contribution in [0.2, 0.25) is 0 Å². The molecule has 1 heterocycles. The van der Waals surface area contributed by atoms with E-state index in [9.17, 15) is 5.11 Å². The molecule has 0 aromatic rings. The van der Waals surface area contributed by atoms with Crippen LogP contribution in [0.25, 0.3) is 0 Å². The van der Waals surface area contributed by atoms with Gasteiger partial charge in [0.1, 0.15) is 0 Å². The largest absolute Gasteiger partial charge is 0.388 e. The summed E-state index contributed by atoms with van der Waals surface area (Å²) in [5.74, 6) is 0.154. The highest BCUT2D eigenvalue weighted by Gasteiger charge is 2.47. The first-order valence-electron chi connectivity index (χ1n) is 7.25. The summed E-state index contributed by atoms with van der Waals surface area (Å²) in [6.07, 6.45) is 4.90. The Bertz CT molecular complexity index is 266. The zero-order valence-corrected chi connectivity index (χ0v) is 11.7. The van der Waals surface area contributed by atoms with Crippen LogP contribution < -0.4 is 5.73 Å². The molecule has 1 aliphatic heterocycles. The number of nitrogens with two attached hydrogens (primary N) is 1. The highest BCUT2D eigenvalue weighted by Crippen LogP contribution is 2.42. The van der Waals surface area contributed by atoms with Crippen molar-refractivity contribution >= 4 is 0 Å². The van der Waals surface area contributed by atoms with Gasteiger partial charge in [-0.15, -0.1) is 0 Å². The van der Waals surface area contributed by atoms with Crippen LogP contribution in [0.15, 0.2) is 0 Å². The molecule has 0 bridgehead atoms. The number of hydrogen-bond acceptors (Lipinski definition) is 4. The van der Waals surface area contributed by atoms with E-state index in [0.717, 1.165) is 25.7 Å². The van der Waals surface area contributed by atoms with Crippen molar-refractivity contribution in [2.75, 3.05) is 13.2 Å². The van der Waals surface area contributed by atoms with Crippen molar-refractivity contribution in [2.24, 2.45) is 11.7 Å². The molecule has 18 heavy (non-hydrogen) atoms. The van der Waals surface area contributed by atoms with Crippen LogP contribution >= 0.6 is 0 Å². The Hall–Kier alpha value is -0.160. The van der Waals surface area contributed by atoms with Crippen LogP contribution in [-0.4, -0.2) is 35.8 Å². The average molecular weight is 257 g/mol. The van der Waals surface area contributed by atoms with Gasteiger partial charge in [0, 0.05) is 18.9 Å². The van der Waals surface area contributed by atoms with E-state index in [2.05, 4.69) is 13.8 Å². The van der Waals surface area contributed by atoms with Gasteiger partial charge < -0.3 is 20.3 Å². The quantitative estimate of drug-likeness (QED) is 0.806. The fraction of sp³-hybridized carbons (Fsp3) is 1.00. The Kier molecular flexibility index (Phi) is 4.32. The minimum atomic E-state index is -0.732. The maximum Gasteiger partial charge on any atom is 0.168 e. The fourth-order valence-corrected chi connectivity index (χ4v) is 3.04. The molecule has 4 nitrogen and oxygen atoms in total. The lowest BCUT2D eigenvalue weighted by atomic mass is 9.74. The average Bonchev–Trinajstić information content (AvgIpc) is 2.82. The molecular weight excluding hydrogens is 230 g/mol. The van der Waals surface area contributed by atoms with Gasteiger partial charge in [0.15, 0.2) is 5.79 Å². The minimum Gasteiger partial charge on any atom is -0.388 e. The van der Waals surface area contributed by atoms with Crippen LogP contribution in [0.3, 0.4) is 0 Å². The van der Waals surface area contributed by atoms with Crippen LogP contribution in [0.5, 0.6) is 0 Å². The molecule has 2 fully saturated rings. The van der Waals surface area contributed by atoms with Crippen molar-refractivity contribution in [1.29, 1.82) is 0 Å². The van der Waals surface area contributed by atoms with E-state index in [4.69, 9.17) is 15.2 Å². The van der Waals surface area contributed by atoms with Gasteiger partial charge in [0.05, 0.1) is 18.8 Å². The van der Waals surface area contributed by atoms with E-state index in [1.54, 1.807) is 0 Å². The summed E-state index contributed by atoms with van der Waals surface area (Å²) >= 11 is 0. The summed E-state index contributed by atoms with van der Waals surface area (Å²) in [6, 6.07) is -0.133. The monoisotopic (exact) mass is 257 g/mol. The van der Waals surface area contributed by atoms with E-state index in [-0.39, 0.29) is 6.04 Å². The molecule has 1 saturated carbocycles. The molecule has 0 aromatic carbocycles. The Labute approximate surface area is 110 Å².